The Hall–Kier alpha value is -3.48. The zero-order valence-corrected chi connectivity index (χ0v) is 17.3. The summed E-state index contributed by atoms with van der Waals surface area (Å²) in [6, 6.07) is 10.6. The van der Waals surface area contributed by atoms with Crippen molar-refractivity contribution in [1.82, 2.24) is 4.98 Å². The predicted molar refractivity (Wildman–Crippen MR) is 111 cm³/mol. The molecule has 0 saturated carbocycles. The predicted octanol–water partition coefficient (Wildman–Crippen LogP) is 3.77. The first kappa shape index (κ1) is 21.2. The Bertz CT molecular complexity index is 1010. The minimum absolute atomic E-state index is 0.00357. The van der Waals surface area contributed by atoms with Gasteiger partial charge in [-0.25, -0.2) is 4.79 Å². The highest BCUT2D eigenvalue weighted by molar-refractivity contribution is 6.17. The van der Waals surface area contributed by atoms with E-state index in [1.165, 1.54) is 11.0 Å². The molecule has 1 amide bonds. The van der Waals surface area contributed by atoms with Crippen LogP contribution in [0.15, 0.2) is 60.0 Å². The van der Waals surface area contributed by atoms with Crippen LogP contribution in [0.2, 0.25) is 0 Å². The third-order valence-corrected chi connectivity index (χ3v) is 4.67. The van der Waals surface area contributed by atoms with Gasteiger partial charge in [-0.15, -0.1) is 0 Å². The van der Waals surface area contributed by atoms with E-state index in [9.17, 15) is 19.5 Å². The number of anilines is 1. The molecule has 3 rings (SSSR count). The molecule has 1 N–H and O–H groups in total. The summed E-state index contributed by atoms with van der Waals surface area (Å²) < 4.78 is 5.24. The summed E-state index contributed by atoms with van der Waals surface area (Å²) in [7, 11) is 0. The van der Waals surface area contributed by atoms with Crippen molar-refractivity contribution in [3.05, 3.63) is 71.3 Å². The Labute approximate surface area is 175 Å². The maximum atomic E-state index is 13.0. The number of hydrogen-bond acceptors (Lipinski definition) is 6. The van der Waals surface area contributed by atoms with E-state index in [0.29, 0.717) is 11.4 Å². The van der Waals surface area contributed by atoms with Gasteiger partial charge in [0.25, 0.3) is 5.91 Å². The van der Waals surface area contributed by atoms with Gasteiger partial charge in [0.15, 0.2) is 11.5 Å². The van der Waals surface area contributed by atoms with E-state index in [1.807, 2.05) is 0 Å². The van der Waals surface area contributed by atoms with Crippen molar-refractivity contribution in [3.63, 3.8) is 0 Å². The van der Waals surface area contributed by atoms with E-state index < -0.39 is 29.6 Å². The number of nitrogens with zero attached hydrogens (tertiary/aromatic N) is 2. The zero-order chi connectivity index (χ0) is 22.0. The lowest BCUT2D eigenvalue weighted by molar-refractivity contribution is -0.119. The van der Waals surface area contributed by atoms with Crippen molar-refractivity contribution < 1.29 is 24.2 Å². The second-order valence-electron chi connectivity index (χ2n) is 7.62. The minimum atomic E-state index is -0.898. The van der Waals surface area contributed by atoms with Crippen LogP contribution in [0.4, 0.5) is 5.69 Å². The van der Waals surface area contributed by atoms with Gasteiger partial charge in [0.2, 0.25) is 0 Å². The van der Waals surface area contributed by atoms with Gasteiger partial charge in [0.05, 0.1) is 22.9 Å². The fraction of sp³-hybridized carbons (Fsp3) is 0.304. The number of esters is 1. The Balaban J connectivity index is 2.11. The quantitative estimate of drug-likeness (QED) is 0.731. The molecule has 0 bridgehead atoms. The molecule has 0 radical (unpaired) electrons. The lowest BCUT2D eigenvalue weighted by Gasteiger charge is -2.26. The van der Waals surface area contributed by atoms with Crippen LogP contribution in [0.1, 0.15) is 49.8 Å². The molecule has 0 fully saturated rings. The first-order valence-electron chi connectivity index (χ1n) is 9.75. The molecule has 2 heterocycles. The van der Waals surface area contributed by atoms with Crippen molar-refractivity contribution in [3.8, 4) is 0 Å². The number of benzene rings is 1. The first-order chi connectivity index (χ1) is 14.2. The van der Waals surface area contributed by atoms with Crippen LogP contribution >= 0.6 is 0 Å². The molecular weight excluding hydrogens is 384 g/mol. The third kappa shape index (κ3) is 3.96. The highest BCUT2D eigenvalue weighted by Gasteiger charge is 2.45. The number of aliphatic hydroxyl groups is 1. The average Bonchev–Trinajstić information content (AvgIpc) is 2.98. The molecule has 156 valence electrons. The van der Waals surface area contributed by atoms with Gasteiger partial charge in [0, 0.05) is 17.8 Å². The smallest absolute Gasteiger partial charge is 0.338 e. The van der Waals surface area contributed by atoms with E-state index in [1.54, 1.807) is 70.3 Å². The highest BCUT2D eigenvalue weighted by Crippen LogP contribution is 2.41. The fourth-order valence-corrected chi connectivity index (χ4v) is 3.32. The topological polar surface area (TPSA) is 96.8 Å². The standard InChI is InChI=1S/C23H24N2O5/c1-13(2)20(26)18-19(17-10-5-6-11-24-17)25(22(28)21(18)27)16-9-7-8-15(12-16)23(29)30-14(3)4/h5-14,19,27H,1-4H3. The maximum Gasteiger partial charge on any atom is 0.338 e. The van der Waals surface area contributed by atoms with Crippen LogP contribution in [0.25, 0.3) is 0 Å². The number of pyridine rings is 1. The molecule has 1 atom stereocenters. The summed E-state index contributed by atoms with van der Waals surface area (Å²) in [6.07, 6.45) is 1.26. The number of aromatic nitrogens is 1. The van der Waals surface area contributed by atoms with Gasteiger partial charge in [-0.2, -0.15) is 0 Å². The number of carbonyl (C=O) groups is 3. The molecule has 7 heteroatoms. The monoisotopic (exact) mass is 408 g/mol. The molecule has 30 heavy (non-hydrogen) atoms. The summed E-state index contributed by atoms with van der Waals surface area (Å²) in [5.41, 5.74) is 1.06. The second-order valence-corrected chi connectivity index (χ2v) is 7.62. The SMILES string of the molecule is CC(C)OC(=O)c1cccc(N2C(=O)C(O)=C(C(=O)C(C)C)C2c2ccccn2)c1. The van der Waals surface area contributed by atoms with E-state index in [-0.39, 0.29) is 23.0 Å². The molecule has 0 spiro atoms. The van der Waals surface area contributed by atoms with Crippen LogP contribution < -0.4 is 4.90 Å². The molecule has 1 aromatic carbocycles. The van der Waals surface area contributed by atoms with Gasteiger partial charge >= 0.3 is 5.97 Å². The van der Waals surface area contributed by atoms with Crippen LogP contribution in [0.3, 0.4) is 0 Å². The molecule has 7 nitrogen and oxygen atoms in total. The van der Waals surface area contributed by atoms with Gasteiger partial charge in [-0.05, 0) is 44.2 Å². The van der Waals surface area contributed by atoms with Crippen LogP contribution in [0.5, 0.6) is 0 Å². The fourth-order valence-electron chi connectivity index (χ4n) is 3.32. The summed E-state index contributed by atoms with van der Waals surface area (Å²) in [4.78, 5) is 43.8. The molecule has 1 aliphatic rings. The normalized spacial score (nSPS) is 16.5. The van der Waals surface area contributed by atoms with Gasteiger partial charge in [0.1, 0.15) is 6.04 Å². The molecule has 1 aliphatic heterocycles. The minimum Gasteiger partial charge on any atom is -0.503 e. The average molecular weight is 408 g/mol. The van der Waals surface area contributed by atoms with Crippen molar-refractivity contribution in [2.45, 2.75) is 39.8 Å². The number of carbonyl (C=O) groups excluding carboxylic acids is 3. The highest BCUT2D eigenvalue weighted by atomic mass is 16.5. The van der Waals surface area contributed by atoms with Crippen molar-refractivity contribution in [2.75, 3.05) is 4.90 Å². The Morgan fingerprint density at radius 2 is 1.83 bits per heavy atom. The first-order valence-corrected chi connectivity index (χ1v) is 9.75. The van der Waals surface area contributed by atoms with E-state index in [0.717, 1.165) is 0 Å². The zero-order valence-electron chi connectivity index (χ0n) is 17.3. The van der Waals surface area contributed by atoms with Crippen LogP contribution in [-0.2, 0) is 14.3 Å². The van der Waals surface area contributed by atoms with Crippen molar-refractivity contribution in [1.29, 1.82) is 0 Å². The molecule has 1 unspecified atom stereocenters. The summed E-state index contributed by atoms with van der Waals surface area (Å²) in [5.74, 6) is -2.60. The van der Waals surface area contributed by atoms with Gasteiger partial charge in [-0.1, -0.05) is 26.0 Å². The molecule has 0 saturated heterocycles. The third-order valence-electron chi connectivity index (χ3n) is 4.67. The molecule has 1 aromatic heterocycles. The Morgan fingerprint density at radius 3 is 2.43 bits per heavy atom. The van der Waals surface area contributed by atoms with E-state index in [2.05, 4.69) is 4.98 Å². The number of Topliss-reactive ketones (excluding diaryl/α,β-unsaturated/α-hetero) is 1. The number of ketones is 1. The number of amides is 1. The summed E-state index contributed by atoms with van der Waals surface area (Å²) in [5, 5.41) is 10.6. The number of aliphatic hydroxyl groups excluding tert-OH is 1. The second kappa shape index (κ2) is 8.49. The van der Waals surface area contributed by atoms with E-state index >= 15 is 0 Å². The van der Waals surface area contributed by atoms with Crippen molar-refractivity contribution >= 4 is 23.3 Å². The number of hydrogen-bond donors (Lipinski definition) is 1. The molecule has 2 aromatic rings. The van der Waals surface area contributed by atoms with Crippen molar-refractivity contribution in [2.24, 2.45) is 5.92 Å². The van der Waals surface area contributed by atoms with Crippen LogP contribution in [-0.4, -0.2) is 33.9 Å². The Kier molecular flexibility index (Phi) is 6.01. The maximum absolute atomic E-state index is 13.0. The summed E-state index contributed by atoms with van der Waals surface area (Å²) >= 11 is 0. The van der Waals surface area contributed by atoms with Gasteiger partial charge < -0.3 is 9.84 Å². The van der Waals surface area contributed by atoms with Gasteiger partial charge in [-0.3, -0.25) is 19.5 Å². The lowest BCUT2D eigenvalue weighted by Crippen LogP contribution is -2.32. The lowest BCUT2D eigenvalue weighted by atomic mass is 9.93. The Morgan fingerprint density at radius 1 is 1.10 bits per heavy atom. The largest absolute Gasteiger partial charge is 0.503 e. The molecule has 0 aliphatic carbocycles. The van der Waals surface area contributed by atoms with Crippen LogP contribution in [0, 0.1) is 5.92 Å². The molecular formula is C23H24N2O5. The summed E-state index contributed by atoms with van der Waals surface area (Å²) in [6.45, 7) is 6.89. The van der Waals surface area contributed by atoms with E-state index in [4.69, 9.17) is 4.74 Å². The number of rotatable bonds is 6. The number of ether oxygens (including phenoxy) is 1.